The lowest BCUT2D eigenvalue weighted by atomic mass is 10.2. The number of piperazine rings is 1. The normalized spacial score (nSPS) is 15.5. The van der Waals surface area contributed by atoms with Gasteiger partial charge in [0.1, 0.15) is 18.2 Å². The highest BCUT2D eigenvalue weighted by Gasteiger charge is 2.25. The summed E-state index contributed by atoms with van der Waals surface area (Å²) in [5, 5.41) is 1.53. The fourth-order valence-corrected chi connectivity index (χ4v) is 6.46. The zero-order chi connectivity index (χ0) is 27.2. The number of pyridine rings is 1. The summed E-state index contributed by atoms with van der Waals surface area (Å²) in [6.07, 6.45) is 2.75. The van der Waals surface area contributed by atoms with Crippen molar-refractivity contribution in [2.45, 2.75) is 16.2 Å². The number of nitrogens with zero attached hydrogens (tertiary/aromatic N) is 4. The van der Waals surface area contributed by atoms with E-state index in [1.807, 2.05) is 6.07 Å². The molecule has 39 heavy (non-hydrogen) atoms. The highest BCUT2D eigenvalue weighted by Crippen LogP contribution is 2.47. The Morgan fingerprint density at radius 1 is 0.897 bits per heavy atom. The van der Waals surface area contributed by atoms with Crippen LogP contribution in [-0.2, 0) is 9.53 Å². The number of anilines is 2. The van der Waals surface area contributed by atoms with Crippen LogP contribution in [0.1, 0.15) is 6.42 Å². The molecule has 2 aliphatic heterocycles. The molecule has 7 nitrogen and oxygen atoms in total. The first kappa shape index (κ1) is 28.3. The largest absolute Gasteiger partial charge is 0.480 e. The van der Waals surface area contributed by atoms with Crippen molar-refractivity contribution in [3.8, 4) is 5.75 Å². The second-order valence-electron chi connectivity index (χ2n) is 9.32. The highest BCUT2D eigenvalue weighted by molar-refractivity contribution is 7.99. The third-order valence-electron chi connectivity index (χ3n) is 6.66. The number of benzene rings is 2. The van der Waals surface area contributed by atoms with Crippen molar-refractivity contribution in [2.24, 2.45) is 0 Å². The van der Waals surface area contributed by atoms with E-state index < -0.39 is 5.97 Å². The molecule has 0 saturated carbocycles. The summed E-state index contributed by atoms with van der Waals surface area (Å²) in [5.74, 6) is 0.960. The van der Waals surface area contributed by atoms with Crippen LogP contribution in [-0.4, -0.2) is 79.8 Å². The van der Waals surface area contributed by atoms with Crippen molar-refractivity contribution in [1.29, 1.82) is 0 Å². The molecule has 0 amide bonds. The van der Waals surface area contributed by atoms with Gasteiger partial charge in [-0.25, -0.2) is 9.78 Å². The van der Waals surface area contributed by atoms with Crippen molar-refractivity contribution in [3.05, 3.63) is 69.8 Å². The van der Waals surface area contributed by atoms with Crippen molar-refractivity contribution >= 4 is 64.0 Å². The average Bonchev–Trinajstić information content (AvgIpc) is 2.93. The second-order valence-corrected chi connectivity index (χ2v) is 11.7. The molecule has 11 heteroatoms. The predicted octanol–water partition coefficient (Wildman–Crippen LogP) is 6.27. The third-order valence-corrected chi connectivity index (χ3v) is 8.48. The van der Waals surface area contributed by atoms with Crippen LogP contribution in [0.5, 0.6) is 5.75 Å². The van der Waals surface area contributed by atoms with E-state index in [4.69, 9.17) is 44.3 Å². The summed E-state index contributed by atoms with van der Waals surface area (Å²) in [4.78, 5) is 26.1. The lowest BCUT2D eigenvalue weighted by Gasteiger charge is -2.35. The minimum absolute atomic E-state index is 0.192. The van der Waals surface area contributed by atoms with Crippen molar-refractivity contribution in [2.75, 3.05) is 63.9 Å². The first-order chi connectivity index (χ1) is 19.0. The minimum atomic E-state index is -0.421. The fourth-order valence-electron chi connectivity index (χ4n) is 4.66. The molecule has 0 radical (unpaired) electrons. The smallest absolute Gasteiger partial charge is 0.344 e. The number of rotatable bonds is 10. The summed E-state index contributed by atoms with van der Waals surface area (Å²) < 4.78 is 10.8. The molecule has 3 heterocycles. The third kappa shape index (κ3) is 7.51. The van der Waals surface area contributed by atoms with Crippen LogP contribution >= 0.6 is 46.6 Å². The van der Waals surface area contributed by atoms with E-state index in [1.165, 1.54) is 10.6 Å². The molecule has 0 unspecified atom stereocenters. The predicted molar refractivity (Wildman–Crippen MR) is 157 cm³/mol. The van der Waals surface area contributed by atoms with Crippen LogP contribution in [0.15, 0.2) is 64.5 Å². The number of fused-ring (bicyclic) bond motifs is 2. The van der Waals surface area contributed by atoms with Gasteiger partial charge in [0.15, 0.2) is 6.61 Å². The van der Waals surface area contributed by atoms with Gasteiger partial charge in [0.2, 0.25) is 0 Å². The van der Waals surface area contributed by atoms with Crippen LogP contribution in [0.3, 0.4) is 0 Å². The molecule has 3 aromatic rings. The zero-order valence-electron chi connectivity index (χ0n) is 21.3. The number of esters is 1. The number of carbonyl (C=O) groups is 1. The quantitative estimate of drug-likeness (QED) is 0.250. The van der Waals surface area contributed by atoms with E-state index in [2.05, 4.69) is 43.9 Å². The van der Waals surface area contributed by atoms with Crippen molar-refractivity contribution < 1.29 is 14.3 Å². The highest BCUT2D eigenvalue weighted by atomic mass is 35.5. The molecule has 0 spiro atoms. The van der Waals surface area contributed by atoms with Gasteiger partial charge in [0.05, 0.1) is 20.6 Å². The Labute approximate surface area is 247 Å². The fraction of sp³-hybridized carbons (Fsp3) is 0.357. The molecular weight excluding hydrogens is 579 g/mol. The van der Waals surface area contributed by atoms with E-state index in [-0.39, 0.29) is 6.61 Å². The van der Waals surface area contributed by atoms with E-state index in [1.54, 1.807) is 36.2 Å². The SMILES string of the molecule is O=C(COc1ccc(Cl)cc1Cl)OCCN1CCN(CCCN2c3ccccc3Sc3cc(Cl)cnc32)CC1. The number of aromatic nitrogens is 1. The Hall–Kier alpha value is -2.20. The molecule has 1 fully saturated rings. The Morgan fingerprint density at radius 2 is 1.67 bits per heavy atom. The van der Waals surface area contributed by atoms with Crippen LogP contribution < -0.4 is 9.64 Å². The summed E-state index contributed by atoms with van der Waals surface area (Å²) in [6.45, 7) is 6.62. The molecule has 0 N–H and O–H groups in total. The number of hydrogen-bond donors (Lipinski definition) is 0. The maximum Gasteiger partial charge on any atom is 0.344 e. The Kier molecular flexibility index (Phi) is 9.76. The van der Waals surface area contributed by atoms with Gasteiger partial charge in [-0.2, -0.15) is 0 Å². The number of halogens is 3. The van der Waals surface area contributed by atoms with E-state index in [9.17, 15) is 4.79 Å². The Bertz CT molecular complexity index is 1310. The monoisotopic (exact) mass is 606 g/mol. The van der Waals surface area contributed by atoms with Gasteiger partial charge >= 0.3 is 5.97 Å². The van der Waals surface area contributed by atoms with Crippen molar-refractivity contribution in [3.63, 3.8) is 0 Å². The van der Waals surface area contributed by atoms with Crippen LogP contribution in [0.4, 0.5) is 11.5 Å². The van der Waals surface area contributed by atoms with Crippen LogP contribution in [0, 0.1) is 0 Å². The molecule has 2 aromatic carbocycles. The average molecular weight is 608 g/mol. The summed E-state index contributed by atoms with van der Waals surface area (Å²) in [5.41, 5.74) is 1.20. The summed E-state index contributed by atoms with van der Waals surface area (Å²) in [6, 6.07) is 15.3. The first-order valence-electron chi connectivity index (χ1n) is 12.8. The first-order valence-corrected chi connectivity index (χ1v) is 14.8. The summed E-state index contributed by atoms with van der Waals surface area (Å²) >= 11 is 19.9. The number of carbonyl (C=O) groups excluding carboxylic acids is 1. The molecule has 1 aromatic heterocycles. The lowest BCUT2D eigenvalue weighted by molar-refractivity contribution is -0.146. The number of hydrogen-bond acceptors (Lipinski definition) is 8. The van der Waals surface area contributed by atoms with E-state index in [0.29, 0.717) is 34.0 Å². The van der Waals surface area contributed by atoms with Gasteiger partial charge in [0.25, 0.3) is 0 Å². The molecule has 206 valence electrons. The molecule has 5 rings (SSSR count). The molecule has 1 saturated heterocycles. The van der Waals surface area contributed by atoms with Gasteiger partial charge in [0, 0.05) is 55.4 Å². The van der Waals surface area contributed by atoms with Gasteiger partial charge in [-0.15, -0.1) is 0 Å². The van der Waals surface area contributed by atoms with Gasteiger partial charge in [-0.3, -0.25) is 4.90 Å². The Balaban J connectivity index is 1.01. The lowest BCUT2D eigenvalue weighted by Crippen LogP contribution is -2.47. The number of ether oxygens (including phenoxy) is 2. The Morgan fingerprint density at radius 3 is 2.46 bits per heavy atom. The summed E-state index contributed by atoms with van der Waals surface area (Å²) in [7, 11) is 0. The second kappa shape index (κ2) is 13.4. The standard InChI is InChI=1S/C28H29Cl3N4O3S/c29-20-6-7-24(22(31)16-20)38-19-27(36)37-15-14-34-12-10-33(11-13-34)8-3-9-35-23-4-1-2-5-25(23)39-26-17-21(30)18-32-28(26)35/h1-2,4-7,16-18H,3,8-15,19H2. The number of para-hydroxylation sites is 1. The van der Waals surface area contributed by atoms with Crippen LogP contribution in [0.2, 0.25) is 15.1 Å². The molecule has 2 aliphatic rings. The van der Waals surface area contributed by atoms with Crippen LogP contribution in [0.25, 0.3) is 0 Å². The zero-order valence-corrected chi connectivity index (χ0v) is 24.4. The van der Waals surface area contributed by atoms with Crippen molar-refractivity contribution in [1.82, 2.24) is 14.8 Å². The topological polar surface area (TPSA) is 58.1 Å². The molecule has 0 atom stereocenters. The maximum absolute atomic E-state index is 12.0. The molecular formula is C28H29Cl3N4O3S. The maximum atomic E-state index is 12.0. The molecule has 0 aliphatic carbocycles. The minimum Gasteiger partial charge on any atom is -0.480 e. The van der Waals surface area contributed by atoms with Gasteiger partial charge in [-0.05, 0) is 49.4 Å². The molecule has 0 bridgehead atoms. The van der Waals surface area contributed by atoms with E-state index in [0.717, 1.165) is 56.4 Å². The van der Waals surface area contributed by atoms with Gasteiger partial charge in [-0.1, -0.05) is 58.7 Å². The van der Waals surface area contributed by atoms with Gasteiger partial charge < -0.3 is 19.3 Å². The van der Waals surface area contributed by atoms with E-state index >= 15 is 0 Å².